The maximum atomic E-state index is 15.4. The number of carbonyl (C=O) groups is 2. The smallest absolute Gasteiger partial charge is 0.266 e. The Balaban J connectivity index is 1.86. The fourth-order valence-electron chi connectivity index (χ4n) is 5.36. The minimum Gasteiger partial charge on any atom is -0.508 e. The zero-order chi connectivity index (χ0) is 31.5. The Bertz CT molecular complexity index is 1490. The number of primary amides is 1. The summed E-state index contributed by atoms with van der Waals surface area (Å²) < 4.78 is 0. The summed E-state index contributed by atoms with van der Waals surface area (Å²) >= 11 is 0. The highest BCUT2D eigenvalue weighted by Gasteiger charge is 2.48. The minimum absolute atomic E-state index is 0.0132. The van der Waals surface area contributed by atoms with Crippen LogP contribution < -0.4 is 16.8 Å². The van der Waals surface area contributed by atoms with Crippen LogP contribution in [0.2, 0.25) is 0 Å². The minimum atomic E-state index is -1.37. The number of nitrogens with zero attached hydrogens (tertiary/aromatic N) is 3. The molecule has 0 unspecified atom stereocenters. The quantitative estimate of drug-likeness (QED) is 0.0457. The Hall–Kier alpha value is -5.71. The van der Waals surface area contributed by atoms with Gasteiger partial charge in [0.15, 0.2) is 5.03 Å². The maximum absolute atomic E-state index is 15.4. The third kappa shape index (κ3) is 7.19. The molecule has 0 fully saturated rings. The van der Waals surface area contributed by atoms with Crippen LogP contribution >= 0.6 is 0 Å². The average Bonchev–Trinajstić information content (AvgIpc) is 3.02. The van der Waals surface area contributed by atoms with E-state index in [4.69, 9.17) is 11.5 Å². The van der Waals surface area contributed by atoms with Crippen LogP contribution in [-0.2, 0) is 21.5 Å². The summed E-state index contributed by atoms with van der Waals surface area (Å²) in [7, 11) is 0. The molecule has 226 valence electrons. The van der Waals surface area contributed by atoms with Crippen molar-refractivity contribution in [1.82, 2.24) is 10.2 Å². The summed E-state index contributed by atoms with van der Waals surface area (Å²) in [4.78, 5) is 40.6. The van der Waals surface area contributed by atoms with Gasteiger partial charge in [-0.1, -0.05) is 103 Å². The Morgan fingerprint density at radius 2 is 1.32 bits per heavy atom. The highest BCUT2D eigenvalue weighted by molar-refractivity contribution is 5.98. The zero-order valence-electron chi connectivity index (χ0n) is 24.0. The van der Waals surface area contributed by atoms with Crippen LogP contribution in [-0.4, -0.2) is 45.4 Å². The summed E-state index contributed by atoms with van der Waals surface area (Å²) in [6, 6.07) is 33.4. The van der Waals surface area contributed by atoms with Gasteiger partial charge >= 0.3 is 0 Å². The maximum Gasteiger partial charge on any atom is 0.266 e. The lowest BCUT2D eigenvalue weighted by Gasteiger charge is -2.41. The molecule has 11 heteroatoms. The standard InChI is InChI=1S/C33H34N6O5/c34-30(41)29(17-10-22-36-32(35)37-39(43)44)38(23-24-18-20-28(40)21-19-24)31(42)33(25-11-4-1-5-12-25,26-13-6-2-7-14-26)27-15-8-3-9-16-27/h1-9,11-16,18-21,29,40H,10,17,22-23H2,(H2,34,41)(H3,35,36,37)/t29-/m1/s1. The van der Waals surface area contributed by atoms with Gasteiger partial charge in [-0.25, -0.2) is 10.1 Å². The van der Waals surface area contributed by atoms with Gasteiger partial charge in [0.1, 0.15) is 22.3 Å². The SMILES string of the molecule is NC(=O)[C@@H](CCCNC(N)=N[N+](=O)[O-])N(Cc1ccc(O)cc1)C(=O)C(c1ccccc1)(c1ccccc1)c1ccccc1. The van der Waals surface area contributed by atoms with Crippen molar-refractivity contribution in [2.75, 3.05) is 6.54 Å². The van der Waals surface area contributed by atoms with E-state index in [1.54, 1.807) is 12.1 Å². The molecule has 1 atom stereocenters. The summed E-state index contributed by atoms with van der Waals surface area (Å²) in [6.45, 7) is 0.161. The van der Waals surface area contributed by atoms with Crippen molar-refractivity contribution in [3.8, 4) is 5.75 Å². The van der Waals surface area contributed by atoms with E-state index >= 15 is 4.79 Å². The molecule has 0 saturated carbocycles. The van der Waals surface area contributed by atoms with Gasteiger partial charge in [-0.15, -0.1) is 0 Å². The van der Waals surface area contributed by atoms with Crippen LogP contribution in [0, 0.1) is 10.1 Å². The number of nitrogens with one attached hydrogen (secondary N) is 1. The number of aromatic hydroxyl groups is 1. The van der Waals surface area contributed by atoms with Crippen LogP contribution in [0.1, 0.15) is 35.1 Å². The number of hydrazone groups is 1. The normalized spacial score (nSPS) is 12.2. The Kier molecular flexibility index (Phi) is 10.3. The van der Waals surface area contributed by atoms with Crippen LogP contribution in [0.3, 0.4) is 0 Å². The van der Waals surface area contributed by atoms with Crippen molar-refractivity contribution in [3.05, 3.63) is 148 Å². The van der Waals surface area contributed by atoms with Crippen molar-refractivity contribution in [1.29, 1.82) is 0 Å². The van der Waals surface area contributed by atoms with E-state index in [-0.39, 0.29) is 43.5 Å². The van der Waals surface area contributed by atoms with E-state index in [1.807, 2.05) is 91.0 Å². The highest BCUT2D eigenvalue weighted by Crippen LogP contribution is 2.42. The first-order chi connectivity index (χ1) is 21.2. The van der Waals surface area contributed by atoms with Crippen molar-refractivity contribution in [2.24, 2.45) is 16.6 Å². The number of phenolic OH excluding ortho intramolecular Hbond substituents is 1. The van der Waals surface area contributed by atoms with Gasteiger partial charge in [-0.2, -0.15) is 0 Å². The first-order valence-corrected chi connectivity index (χ1v) is 14.0. The molecule has 0 heterocycles. The number of nitro groups is 1. The topological polar surface area (TPSA) is 177 Å². The number of nitrogens with two attached hydrogens (primary N) is 2. The molecule has 2 amide bonds. The number of benzene rings is 4. The number of hydrogen-bond donors (Lipinski definition) is 4. The molecule has 6 N–H and O–H groups in total. The molecule has 4 aromatic rings. The van der Waals surface area contributed by atoms with E-state index < -0.39 is 22.4 Å². The molecular formula is C33H34N6O5. The Morgan fingerprint density at radius 1 is 0.841 bits per heavy atom. The zero-order valence-corrected chi connectivity index (χ0v) is 24.0. The number of carbonyl (C=O) groups excluding carboxylic acids is 2. The molecule has 0 radical (unpaired) electrons. The molecule has 44 heavy (non-hydrogen) atoms. The van der Waals surface area contributed by atoms with Gasteiger partial charge in [-0.3, -0.25) is 9.59 Å². The van der Waals surface area contributed by atoms with Gasteiger partial charge in [0.25, 0.3) is 5.96 Å². The first kappa shape index (κ1) is 31.2. The average molecular weight is 595 g/mol. The molecule has 4 rings (SSSR count). The van der Waals surface area contributed by atoms with Crippen molar-refractivity contribution < 1.29 is 19.7 Å². The van der Waals surface area contributed by atoms with Gasteiger partial charge in [0.05, 0.1) is 0 Å². The summed E-state index contributed by atoms with van der Waals surface area (Å²) in [5.74, 6) is -1.41. The molecule has 4 aromatic carbocycles. The molecule has 0 aliphatic rings. The molecule has 0 aliphatic heterocycles. The third-order valence-corrected chi connectivity index (χ3v) is 7.35. The lowest BCUT2D eigenvalue weighted by molar-refractivity contribution is -0.485. The predicted molar refractivity (Wildman–Crippen MR) is 167 cm³/mol. The predicted octanol–water partition coefficient (Wildman–Crippen LogP) is 3.49. The van der Waals surface area contributed by atoms with E-state index in [1.165, 1.54) is 17.0 Å². The van der Waals surface area contributed by atoms with Gasteiger partial charge < -0.3 is 26.8 Å². The van der Waals surface area contributed by atoms with Crippen LogP contribution in [0.25, 0.3) is 0 Å². The fraction of sp³-hybridized carbons (Fsp3) is 0.182. The van der Waals surface area contributed by atoms with E-state index in [2.05, 4.69) is 10.4 Å². The molecule has 0 spiro atoms. The summed E-state index contributed by atoms with van der Waals surface area (Å²) in [5.41, 5.74) is 12.9. The van der Waals surface area contributed by atoms with Crippen LogP contribution in [0.5, 0.6) is 5.75 Å². The summed E-state index contributed by atoms with van der Waals surface area (Å²) in [6.07, 6.45) is 0.419. The Labute approximate surface area is 255 Å². The van der Waals surface area contributed by atoms with Gasteiger partial charge in [-0.05, 0) is 47.2 Å². The monoisotopic (exact) mass is 594 g/mol. The number of rotatable bonds is 13. The summed E-state index contributed by atoms with van der Waals surface area (Å²) in [5, 5.41) is 25.3. The van der Waals surface area contributed by atoms with Crippen LogP contribution in [0.15, 0.2) is 120 Å². The highest BCUT2D eigenvalue weighted by atomic mass is 16.7. The lowest BCUT2D eigenvalue weighted by Crippen LogP contribution is -2.55. The molecule has 0 bridgehead atoms. The molecule has 0 aliphatic carbocycles. The lowest BCUT2D eigenvalue weighted by atomic mass is 9.68. The van der Waals surface area contributed by atoms with E-state index in [0.29, 0.717) is 22.3 Å². The molecule has 0 saturated heterocycles. The molecule has 0 aromatic heterocycles. The third-order valence-electron chi connectivity index (χ3n) is 7.35. The molecular weight excluding hydrogens is 560 g/mol. The first-order valence-electron chi connectivity index (χ1n) is 14.0. The molecule has 11 nitrogen and oxygen atoms in total. The van der Waals surface area contributed by atoms with E-state index in [0.717, 1.165) is 0 Å². The number of guanidine groups is 1. The fourth-order valence-corrected chi connectivity index (χ4v) is 5.36. The largest absolute Gasteiger partial charge is 0.508 e. The van der Waals surface area contributed by atoms with Crippen molar-refractivity contribution in [2.45, 2.75) is 30.8 Å². The van der Waals surface area contributed by atoms with E-state index in [9.17, 15) is 20.0 Å². The second-order valence-corrected chi connectivity index (χ2v) is 10.2. The number of amides is 2. The second kappa shape index (κ2) is 14.5. The second-order valence-electron chi connectivity index (χ2n) is 10.2. The van der Waals surface area contributed by atoms with Crippen molar-refractivity contribution in [3.63, 3.8) is 0 Å². The number of phenols is 1. The van der Waals surface area contributed by atoms with Crippen LogP contribution in [0.4, 0.5) is 0 Å². The van der Waals surface area contributed by atoms with Gasteiger partial charge in [0, 0.05) is 13.1 Å². The van der Waals surface area contributed by atoms with Gasteiger partial charge in [0.2, 0.25) is 11.8 Å². The Morgan fingerprint density at radius 3 is 1.75 bits per heavy atom. The van der Waals surface area contributed by atoms with Crippen molar-refractivity contribution >= 4 is 17.8 Å². The number of hydrogen-bond acceptors (Lipinski definition) is 5.